The van der Waals surface area contributed by atoms with Gasteiger partial charge in [-0.1, -0.05) is 12.1 Å². The zero-order valence-electron chi connectivity index (χ0n) is 9.15. The van der Waals surface area contributed by atoms with Crippen molar-refractivity contribution < 1.29 is 4.74 Å². The molecular weight excluding hydrogens is 188 g/mol. The van der Waals surface area contributed by atoms with E-state index in [-0.39, 0.29) is 0 Å². The summed E-state index contributed by atoms with van der Waals surface area (Å²) in [5.41, 5.74) is 1.20. The molecule has 1 aromatic rings. The number of anilines is 1. The fraction of sp³-hybridized carbons (Fsp3) is 0.500. The van der Waals surface area contributed by atoms with Crippen LogP contribution in [0.25, 0.3) is 0 Å². The van der Waals surface area contributed by atoms with Gasteiger partial charge >= 0.3 is 0 Å². The molecule has 15 heavy (non-hydrogen) atoms. The molecule has 1 saturated heterocycles. The van der Waals surface area contributed by atoms with E-state index in [4.69, 9.17) is 4.74 Å². The lowest BCUT2D eigenvalue weighted by molar-refractivity contribution is 0.340. The van der Waals surface area contributed by atoms with Crippen molar-refractivity contribution in [3.05, 3.63) is 24.3 Å². The van der Waals surface area contributed by atoms with E-state index in [1.165, 1.54) is 5.69 Å². The summed E-state index contributed by atoms with van der Waals surface area (Å²) < 4.78 is 5.62. The van der Waals surface area contributed by atoms with Gasteiger partial charge in [-0.25, -0.2) is 5.32 Å². The van der Waals surface area contributed by atoms with E-state index in [0.29, 0.717) is 0 Å². The lowest BCUT2D eigenvalue weighted by Gasteiger charge is -2.29. The molecule has 3 nitrogen and oxygen atoms in total. The molecular formula is C12H17N2O. The van der Waals surface area contributed by atoms with Gasteiger partial charge in [0.15, 0.2) is 0 Å². The normalized spacial score (nSPS) is 16.5. The zero-order valence-corrected chi connectivity index (χ0v) is 9.15. The van der Waals surface area contributed by atoms with Gasteiger partial charge in [0, 0.05) is 26.2 Å². The van der Waals surface area contributed by atoms with Gasteiger partial charge in [0.25, 0.3) is 0 Å². The van der Waals surface area contributed by atoms with Crippen LogP contribution in [-0.4, -0.2) is 32.8 Å². The first-order valence-electron chi connectivity index (χ1n) is 5.52. The number of hydrogen-bond acceptors (Lipinski definition) is 2. The SMILES string of the molecule is CCOc1ccccc1N1CC[N]CC1. The van der Waals surface area contributed by atoms with Crippen LogP contribution in [0.2, 0.25) is 0 Å². The highest BCUT2D eigenvalue weighted by molar-refractivity contribution is 5.58. The number of ether oxygens (including phenoxy) is 1. The summed E-state index contributed by atoms with van der Waals surface area (Å²) in [5, 5.41) is 4.35. The second-order valence-electron chi connectivity index (χ2n) is 3.56. The molecule has 0 saturated carbocycles. The third-order valence-electron chi connectivity index (χ3n) is 2.56. The van der Waals surface area contributed by atoms with Crippen LogP contribution >= 0.6 is 0 Å². The van der Waals surface area contributed by atoms with Crippen LogP contribution in [0.15, 0.2) is 24.3 Å². The summed E-state index contributed by atoms with van der Waals surface area (Å²) in [6, 6.07) is 8.23. The molecule has 1 radical (unpaired) electrons. The van der Waals surface area contributed by atoms with Gasteiger partial charge in [0.2, 0.25) is 0 Å². The first kappa shape index (κ1) is 10.3. The Kier molecular flexibility index (Phi) is 3.45. The van der Waals surface area contributed by atoms with Crippen molar-refractivity contribution in [1.29, 1.82) is 0 Å². The van der Waals surface area contributed by atoms with Gasteiger partial charge in [-0.15, -0.1) is 0 Å². The van der Waals surface area contributed by atoms with Crippen molar-refractivity contribution >= 4 is 5.69 Å². The molecule has 0 spiro atoms. The van der Waals surface area contributed by atoms with Crippen molar-refractivity contribution in [1.82, 2.24) is 5.32 Å². The largest absolute Gasteiger partial charge is 0.492 e. The summed E-state index contributed by atoms with van der Waals surface area (Å²) in [6.45, 7) is 6.60. The first-order valence-corrected chi connectivity index (χ1v) is 5.52. The topological polar surface area (TPSA) is 26.6 Å². The average Bonchev–Trinajstić information content (AvgIpc) is 2.31. The number of nitrogens with zero attached hydrogens (tertiary/aromatic N) is 2. The lowest BCUT2D eigenvalue weighted by Crippen LogP contribution is -2.40. The molecule has 0 bridgehead atoms. The Morgan fingerprint density at radius 3 is 2.73 bits per heavy atom. The maximum Gasteiger partial charge on any atom is 0.142 e. The van der Waals surface area contributed by atoms with Gasteiger partial charge in [-0.05, 0) is 19.1 Å². The molecule has 0 amide bonds. The van der Waals surface area contributed by atoms with E-state index >= 15 is 0 Å². The van der Waals surface area contributed by atoms with Gasteiger partial charge < -0.3 is 9.64 Å². The second-order valence-corrected chi connectivity index (χ2v) is 3.56. The Labute approximate surface area is 91.0 Å². The summed E-state index contributed by atoms with van der Waals surface area (Å²) in [4.78, 5) is 2.35. The number of benzene rings is 1. The third-order valence-corrected chi connectivity index (χ3v) is 2.56. The quantitative estimate of drug-likeness (QED) is 0.747. The van der Waals surface area contributed by atoms with Crippen LogP contribution in [0.1, 0.15) is 6.92 Å². The van der Waals surface area contributed by atoms with Gasteiger partial charge in [0.05, 0.1) is 12.3 Å². The van der Waals surface area contributed by atoms with E-state index in [1.54, 1.807) is 0 Å². The fourth-order valence-electron chi connectivity index (χ4n) is 1.84. The third kappa shape index (κ3) is 2.42. The van der Waals surface area contributed by atoms with Crippen LogP contribution in [0.4, 0.5) is 5.69 Å². The maximum absolute atomic E-state index is 5.62. The summed E-state index contributed by atoms with van der Waals surface area (Å²) in [7, 11) is 0. The molecule has 1 aromatic carbocycles. The van der Waals surface area contributed by atoms with Crippen LogP contribution < -0.4 is 15.0 Å². The van der Waals surface area contributed by atoms with E-state index in [0.717, 1.165) is 38.5 Å². The second kappa shape index (κ2) is 5.03. The molecule has 0 N–H and O–H groups in total. The van der Waals surface area contributed by atoms with Crippen molar-refractivity contribution in [3.8, 4) is 5.75 Å². The molecule has 3 heteroatoms. The predicted molar refractivity (Wildman–Crippen MR) is 61.7 cm³/mol. The van der Waals surface area contributed by atoms with E-state index < -0.39 is 0 Å². The van der Waals surface area contributed by atoms with Crippen LogP contribution in [0, 0.1) is 0 Å². The Morgan fingerprint density at radius 1 is 1.27 bits per heavy atom. The summed E-state index contributed by atoms with van der Waals surface area (Å²) in [5.74, 6) is 0.988. The molecule has 0 atom stereocenters. The van der Waals surface area contributed by atoms with E-state index in [1.807, 2.05) is 19.1 Å². The van der Waals surface area contributed by atoms with Gasteiger partial charge in [0.1, 0.15) is 5.75 Å². The molecule has 0 aliphatic carbocycles. The fourth-order valence-corrected chi connectivity index (χ4v) is 1.84. The Hall–Kier alpha value is -1.22. The highest BCUT2D eigenvalue weighted by Crippen LogP contribution is 2.28. The summed E-state index contributed by atoms with van der Waals surface area (Å²) >= 11 is 0. The van der Waals surface area contributed by atoms with E-state index in [9.17, 15) is 0 Å². The molecule has 1 fully saturated rings. The molecule has 1 aliphatic heterocycles. The van der Waals surface area contributed by atoms with Crippen LogP contribution in [0.5, 0.6) is 5.75 Å². The Morgan fingerprint density at radius 2 is 2.00 bits per heavy atom. The zero-order chi connectivity index (χ0) is 10.5. The molecule has 81 valence electrons. The van der Waals surface area contributed by atoms with Crippen molar-refractivity contribution in [3.63, 3.8) is 0 Å². The standard InChI is InChI=1S/C12H17N2O/c1-2-15-12-6-4-3-5-11(12)14-9-7-13-8-10-14/h3-6H,2,7-10H2,1H3. The highest BCUT2D eigenvalue weighted by atomic mass is 16.5. The van der Waals surface area contributed by atoms with Crippen LogP contribution in [0.3, 0.4) is 0 Å². The number of para-hydroxylation sites is 2. The smallest absolute Gasteiger partial charge is 0.142 e. The number of hydrogen-bond donors (Lipinski definition) is 0. The predicted octanol–water partition coefficient (Wildman–Crippen LogP) is 1.51. The molecule has 0 unspecified atom stereocenters. The minimum absolute atomic E-state index is 0.717. The first-order chi connectivity index (χ1) is 7.42. The molecule has 1 aliphatic rings. The molecule has 2 rings (SSSR count). The Bertz CT molecular complexity index is 308. The van der Waals surface area contributed by atoms with Crippen molar-refractivity contribution in [2.45, 2.75) is 6.92 Å². The molecule has 1 heterocycles. The minimum atomic E-state index is 0.717. The van der Waals surface area contributed by atoms with E-state index in [2.05, 4.69) is 22.3 Å². The Balaban J connectivity index is 2.17. The lowest BCUT2D eigenvalue weighted by atomic mass is 10.2. The maximum atomic E-state index is 5.62. The number of piperazine rings is 1. The van der Waals surface area contributed by atoms with Gasteiger partial charge in [-0.3, -0.25) is 0 Å². The monoisotopic (exact) mass is 205 g/mol. The summed E-state index contributed by atoms with van der Waals surface area (Å²) in [6.07, 6.45) is 0. The van der Waals surface area contributed by atoms with Crippen molar-refractivity contribution in [2.75, 3.05) is 37.7 Å². The molecule has 0 aromatic heterocycles. The van der Waals surface area contributed by atoms with Gasteiger partial charge in [-0.2, -0.15) is 0 Å². The number of rotatable bonds is 3. The average molecular weight is 205 g/mol. The van der Waals surface area contributed by atoms with Crippen LogP contribution in [-0.2, 0) is 0 Å². The minimum Gasteiger partial charge on any atom is -0.492 e. The van der Waals surface area contributed by atoms with Crippen molar-refractivity contribution in [2.24, 2.45) is 0 Å². The highest BCUT2D eigenvalue weighted by Gasteiger charge is 2.14.